The summed E-state index contributed by atoms with van der Waals surface area (Å²) in [6.07, 6.45) is 0.246. The molecule has 0 spiro atoms. The number of hydrogen-bond acceptors (Lipinski definition) is 4. The highest BCUT2D eigenvalue weighted by Crippen LogP contribution is 2.21. The Hall–Kier alpha value is -1.20. The number of ketones is 1. The van der Waals surface area contributed by atoms with E-state index in [1.165, 1.54) is 0 Å². The van der Waals surface area contributed by atoms with Gasteiger partial charge in [0.1, 0.15) is 0 Å². The van der Waals surface area contributed by atoms with Crippen molar-refractivity contribution < 1.29 is 17.4 Å². The van der Waals surface area contributed by atoms with E-state index in [1.807, 2.05) is 0 Å². The van der Waals surface area contributed by atoms with Crippen molar-refractivity contribution in [3.63, 3.8) is 0 Å². The van der Waals surface area contributed by atoms with Crippen LogP contribution >= 0.6 is 0 Å². The Labute approximate surface area is 88.0 Å². The second kappa shape index (κ2) is 3.75. The molecule has 1 aromatic rings. The summed E-state index contributed by atoms with van der Waals surface area (Å²) in [5.41, 5.74) is 0.413. The fraction of sp³-hybridized carbons (Fsp3) is 0.300. The summed E-state index contributed by atoms with van der Waals surface area (Å²) < 4.78 is 27.2. The third kappa shape index (κ3) is 1.93. The van der Waals surface area contributed by atoms with Crippen molar-refractivity contribution >= 4 is 15.9 Å². The van der Waals surface area contributed by atoms with Gasteiger partial charge in [0.25, 0.3) is 10.1 Å². The molecule has 0 radical (unpaired) electrons. The van der Waals surface area contributed by atoms with E-state index in [1.54, 1.807) is 30.3 Å². The Morgan fingerprint density at radius 2 is 1.93 bits per heavy atom. The Balaban J connectivity index is 2.30. The Morgan fingerprint density at radius 3 is 2.47 bits per heavy atom. The highest BCUT2D eigenvalue weighted by Gasteiger charge is 2.38. The van der Waals surface area contributed by atoms with Crippen LogP contribution in [0.4, 0.5) is 0 Å². The van der Waals surface area contributed by atoms with Crippen molar-refractivity contribution in [1.29, 1.82) is 0 Å². The molecule has 0 aliphatic carbocycles. The van der Waals surface area contributed by atoms with Gasteiger partial charge in [-0.1, -0.05) is 30.3 Å². The van der Waals surface area contributed by atoms with E-state index in [9.17, 15) is 13.2 Å². The normalized spacial score (nSPS) is 23.9. The van der Waals surface area contributed by atoms with Crippen LogP contribution in [0, 0.1) is 0 Å². The van der Waals surface area contributed by atoms with Crippen molar-refractivity contribution in [3.8, 4) is 0 Å². The van der Waals surface area contributed by atoms with Gasteiger partial charge < -0.3 is 0 Å². The lowest BCUT2D eigenvalue weighted by Gasteiger charge is -2.05. The van der Waals surface area contributed by atoms with E-state index in [0.29, 0.717) is 5.56 Å². The van der Waals surface area contributed by atoms with Crippen LogP contribution in [0.2, 0.25) is 0 Å². The first-order valence-corrected chi connectivity index (χ1v) is 6.06. The predicted octanol–water partition coefficient (Wildman–Crippen LogP) is 0.988. The molecule has 1 aliphatic rings. The number of hydrogen-bond donors (Lipinski definition) is 0. The molecule has 0 aromatic heterocycles. The van der Waals surface area contributed by atoms with Gasteiger partial charge in [-0.15, -0.1) is 0 Å². The standard InChI is InChI=1S/C10H10O4S/c11-10(8-4-2-1-3-5-8)9-6-7-14-15(9,12)13/h1-5,9H,6-7H2. The topological polar surface area (TPSA) is 60.4 Å². The molecule has 1 unspecified atom stereocenters. The van der Waals surface area contributed by atoms with Crippen LogP contribution in [-0.2, 0) is 14.3 Å². The van der Waals surface area contributed by atoms with Gasteiger partial charge in [-0.05, 0) is 6.42 Å². The fourth-order valence-electron chi connectivity index (χ4n) is 1.55. The van der Waals surface area contributed by atoms with Gasteiger partial charge in [0.15, 0.2) is 11.0 Å². The smallest absolute Gasteiger partial charge is 0.277 e. The molecular formula is C10H10O4S. The Morgan fingerprint density at radius 1 is 1.27 bits per heavy atom. The molecule has 4 nitrogen and oxygen atoms in total. The molecule has 80 valence electrons. The zero-order valence-electron chi connectivity index (χ0n) is 7.92. The summed E-state index contributed by atoms with van der Waals surface area (Å²) in [6.45, 7) is 0.103. The van der Waals surface area contributed by atoms with Gasteiger partial charge in [0.05, 0.1) is 6.61 Å². The number of carbonyl (C=O) groups is 1. The molecule has 2 rings (SSSR count). The first kappa shape index (κ1) is 10.3. The summed E-state index contributed by atoms with van der Waals surface area (Å²) in [7, 11) is -3.68. The number of benzene rings is 1. The fourth-order valence-corrected chi connectivity index (χ4v) is 2.82. The molecule has 1 aliphatic heterocycles. The molecule has 0 N–H and O–H groups in total. The monoisotopic (exact) mass is 226 g/mol. The maximum atomic E-state index is 11.8. The van der Waals surface area contributed by atoms with Crippen LogP contribution in [0.3, 0.4) is 0 Å². The average molecular weight is 226 g/mol. The van der Waals surface area contributed by atoms with Gasteiger partial charge in [0, 0.05) is 5.56 Å². The Kier molecular flexibility index (Phi) is 2.58. The predicted molar refractivity (Wildman–Crippen MR) is 54.0 cm³/mol. The molecule has 15 heavy (non-hydrogen) atoms. The maximum absolute atomic E-state index is 11.8. The lowest BCUT2D eigenvalue weighted by atomic mass is 10.1. The third-order valence-corrected chi connectivity index (χ3v) is 3.97. The van der Waals surface area contributed by atoms with Crippen LogP contribution < -0.4 is 0 Å². The van der Waals surface area contributed by atoms with E-state index in [2.05, 4.69) is 4.18 Å². The number of rotatable bonds is 2. The van der Waals surface area contributed by atoms with Crippen LogP contribution in [0.15, 0.2) is 30.3 Å². The summed E-state index contributed by atoms with van der Waals surface area (Å²) in [5.74, 6) is -0.381. The van der Waals surface area contributed by atoms with Crippen molar-refractivity contribution in [2.75, 3.05) is 6.61 Å². The van der Waals surface area contributed by atoms with Crippen LogP contribution in [0.25, 0.3) is 0 Å². The van der Waals surface area contributed by atoms with Gasteiger partial charge in [-0.2, -0.15) is 8.42 Å². The Bertz CT molecular complexity index is 463. The molecule has 0 amide bonds. The number of carbonyl (C=O) groups excluding carboxylic acids is 1. The van der Waals surface area contributed by atoms with Gasteiger partial charge in [0.2, 0.25) is 0 Å². The second-order valence-corrected chi connectivity index (χ2v) is 5.11. The summed E-state index contributed by atoms with van der Waals surface area (Å²) >= 11 is 0. The molecule has 1 saturated heterocycles. The van der Waals surface area contributed by atoms with Crippen molar-refractivity contribution in [2.24, 2.45) is 0 Å². The summed E-state index contributed by atoms with van der Waals surface area (Å²) in [6, 6.07) is 8.40. The highest BCUT2D eigenvalue weighted by molar-refractivity contribution is 7.88. The van der Waals surface area contributed by atoms with E-state index in [0.717, 1.165) is 0 Å². The third-order valence-electron chi connectivity index (χ3n) is 2.33. The van der Waals surface area contributed by atoms with Crippen molar-refractivity contribution in [1.82, 2.24) is 0 Å². The molecule has 1 fully saturated rings. The van der Waals surface area contributed by atoms with Gasteiger partial charge >= 0.3 is 0 Å². The highest BCUT2D eigenvalue weighted by atomic mass is 32.2. The molecule has 0 bridgehead atoms. The minimum absolute atomic E-state index is 0.103. The molecule has 0 saturated carbocycles. The first-order valence-electron chi connectivity index (χ1n) is 4.59. The lowest BCUT2D eigenvalue weighted by Crippen LogP contribution is -2.25. The van der Waals surface area contributed by atoms with Crippen LogP contribution in [0.1, 0.15) is 16.8 Å². The lowest BCUT2D eigenvalue weighted by molar-refractivity contribution is 0.0987. The zero-order valence-corrected chi connectivity index (χ0v) is 8.74. The van der Waals surface area contributed by atoms with Gasteiger partial charge in [-0.3, -0.25) is 8.98 Å². The zero-order chi connectivity index (χ0) is 10.9. The molecular weight excluding hydrogens is 216 g/mol. The number of Topliss-reactive ketones (excluding diaryl/α,β-unsaturated/α-hetero) is 1. The van der Waals surface area contributed by atoms with Crippen LogP contribution in [-0.4, -0.2) is 26.1 Å². The maximum Gasteiger partial charge on any atom is 0.277 e. The summed E-state index contributed by atoms with van der Waals surface area (Å²) in [4.78, 5) is 11.8. The quantitative estimate of drug-likeness (QED) is 0.557. The van der Waals surface area contributed by atoms with Gasteiger partial charge in [-0.25, -0.2) is 0 Å². The van der Waals surface area contributed by atoms with Crippen molar-refractivity contribution in [2.45, 2.75) is 11.7 Å². The molecule has 1 aromatic carbocycles. The largest absolute Gasteiger partial charge is 0.293 e. The van der Waals surface area contributed by atoms with Crippen molar-refractivity contribution in [3.05, 3.63) is 35.9 Å². The average Bonchev–Trinajstić information content (AvgIpc) is 2.58. The summed E-state index contributed by atoms with van der Waals surface area (Å²) in [5, 5.41) is -1.03. The first-order chi connectivity index (χ1) is 7.11. The van der Waals surface area contributed by atoms with E-state index >= 15 is 0 Å². The minimum atomic E-state index is -3.68. The molecule has 1 atom stereocenters. The SMILES string of the molecule is O=C(c1ccccc1)C1CCOS1(=O)=O. The van der Waals surface area contributed by atoms with Crippen LogP contribution in [0.5, 0.6) is 0 Å². The molecule has 5 heteroatoms. The second-order valence-electron chi connectivity index (χ2n) is 3.32. The molecule has 1 heterocycles. The van der Waals surface area contributed by atoms with E-state index in [-0.39, 0.29) is 18.8 Å². The van der Waals surface area contributed by atoms with E-state index < -0.39 is 15.4 Å². The minimum Gasteiger partial charge on any atom is -0.293 e. The van der Waals surface area contributed by atoms with E-state index in [4.69, 9.17) is 0 Å².